The monoisotopic (exact) mass is 316 g/mol. The number of methoxy groups -OCH3 is 2. The van der Waals surface area contributed by atoms with Crippen molar-refractivity contribution in [2.75, 3.05) is 34.0 Å². The second-order valence-electron chi connectivity index (χ2n) is 6.50. The first-order valence-corrected chi connectivity index (χ1v) is 8.96. The van der Waals surface area contributed by atoms with Gasteiger partial charge >= 0.3 is 0 Å². The summed E-state index contributed by atoms with van der Waals surface area (Å²) in [6, 6.07) is 0. The van der Waals surface area contributed by atoms with Crippen molar-refractivity contribution in [2.45, 2.75) is 77.1 Å². The lowest BCUT2D eigenvalue weighted by molar-refractivity contribution is -0.231. The van der Waals surface area contributed by atoms with E-state index in [1.807, 2.05) is 6.92 Å². The quantitative estimate of drug-likeness (QED) is 0.258. The SMILES string of the molecule is CCCCCCCCC(CCOCC1CO1)C(C)(OC)OC. The minimum absolute atomic E-state index is 0.341. The van der Waals surface area contributed by atoms with Gasteiger partial charge in [-0.3, -0.25) is 0 Å². The summed E-state index contributed by atoms with van der Waals surface area (Å²) in [5.41, 5.74) is 0. The summed E-state index contributed by atoms with van der Waals surface area (Å²) in [5.74, 6) is -0.142. The van der Waals surface area contributed by atoms with E-state index in [2.05, 4.69) is 6.92 Å². The van der Waals surface area contributed by atoms with Crippen molar-refractivity contribution in [3.8, 4) is 0 Å². The molecule has 1 rings (SSSR count). The van der Waals surface area contributed by atoms with Crippen LogP contribution in [0, 0.1) is 5.92 Å². The Kier molecular flexibility index (Phi) is 10.3. The van der Waals surface area contributed by atoms with E-state index in [0.717, 1.165) is 32.7 Å². The largest absolute Gasteiger partial charge is 0.379 e. The molecule has 0 radical (unpaired) electrons. The second kappa shape index (κ2) is 11.4. The standard InChI is InChI=1S/C18H36O4/c1-5-6-7-8-9-10-11-16(18(2,19-3)20-4)12-13-21-14-17-15-22-17/h16-17H,5-15H2,1-4H3. The van der Waals surface area contributed by atoms with E-state index >= 15 is 0 Å². The maximum absolute atomic E-state index is 5.70. The normalized spacial score (nSPS) is 19.4. The molecule has 1 aliphatic heterocycles. The van der Waals surface area contributed by atoms with E-state index in [-0.39, 0.29) is 0 Å². The number of epoxide rings is 1. The number of hydrogen-bond donors (Lipinski definition) is 0. The van der Waals surface area contributed by atoms with E-state index < -0.39 is 5.79 Å². The van der Waals surface area contributed by atoms with Crippen molar-refractivity contribution < 1.29 is 18.9 Å². The molecule has 4 nitrogen and oxygen atoms in total. The molecular weight excluding hydrogens is 280 g/mol. The fourth-order valence-electron chi connectivity index (χ4n) is 2.86. The van der Waals surface area contributed by atoms with Crippen LogP contribution in [0.5, 0.6) is 0 Å². The van der Waals surface area contributed by atoms with Crippen molar-refractivity contribution in [1.29, 1.82) is 0 Å². The molecule has 22 heavy (non-hydrogen) atoms. The molecule has 2 unspecified atom stereocenters. The summed E-state index contributed by atoms with van der Waals surface area (Å²) in [5, 5.41) is 0. The molecule has 0 aliphatic carbocycles. The van der Waals surface area contributed by atoms with Crippen LogP contribution >= 0.6 is 0 Å². The van der Waals surface area contributed by atoms with E-state index in [4.69, 9.17) is 18.9 Å². The smallest absolute Gasteiger partial charge is 0.167 e. The molecule has 0 amide bonds. The minimum Gasteiger partial charge on any atom is -0.379 e. The maximum atomic E-state index is 5.70. The zero-order chi connectivity index (χ0) is 16.3. The lowest BCUT2D eigenvalue weighted by Gasteiger charge is -2.35. The summed E-state index contributed by atoms with van der Waals surface area (Å²) >= 11 is 0. The van der Waals surface area contributed by atoms with E-state index in [1.165, 1.54) is 38.5 Å². The van der Waals surface area contributed by atoms with Gasteiger partial charge in [0.1, 0.15) is 6.10 Å². The maximum Gasteiger partial charge on any atom is 0.167 e. The third-order valence-corrected chi connectivity index (χ3v) is 4.78. The number of unbranched alkanes of at least 4 members (excludes halogenated alkanes) is 5. The van der Waals surface area contributed by atoms with Gasteiger partial charge in [0.2, 0.25) is 0 Å². The zero-order valence-electron chi connectivity index (χ0n) is 15.1. The highest BCUT2D eigenvalue weighted by atomic mass is 16.7. The Morgan fingerprint density at radius 2 is 1.68 bits per heavy atom. The van der Waals surface area contributed by atoms with E-state index in [0.29, 0.717) is 12.0 Å². The van der Waals surface area contributed by atoms with Gasteiger partial charge in [0.05, 0.1) is 13.2 Å². The van der Waals surface area contributed by atoms with Crippen LogP contribution in [0.3, 0.4) is 0 Å². The van der Waals surface area contributed by atoms with Crippen LogP contribution < -0.4 is 0 Å². The van der Waals surface area contributed by atoms with Crippen LogP contribution in [-0.2, 0) is 18.9 Å². The van der Waals surface area contributed by atoms with Gasteiger partial charge in [-0.1, -0.05) is 45.4 Å². The molecule has 0 saturated carbocycles. The van der Waals surface area contributed by atoms with Crippen LogP contribution in [-0.4, -0.2) is 45.9 Å². The first-order valence-electron chi connectivity index (χ1n) is 8.96. The number of hydrogen-bond acceptors (Lipinski definition) is 4. The molecule has 0 aromatic rings. The molecule has 2 atom stereocenters. The van der Waals surface area contributed by atoms with Crippen molar-refractivity contribution >= 4 is 0 Å². The van der Waals surface area contributed by atoms with Gasteiger partial charge in [-0.05, 0) is 19.8 Å². The Morgan fingerprint density at radius 1 is 1.05 bits per heavy atom. The first kappa shape index (κ1) is 19.9. The molecule has 0 N–H and O–H groups in total. The molecule has 1 saturated heterocycles. The van der Waals surface area contributed by atoms with Gasteiger partial charge in [0, 0.05) is 26.7 Å². The highest BCUT2D eigenvalue weighted by Gasteiger charge is 2.33. The van der Waals surface area contributed by atoms with Gasteiger partial charge in [-0.15, -0.1) is 0 Å². The lowest BCUT2D eigenvalue weighted by atomic mass is 9.90. The Morgan fingerprint density at radius 3 is 2.27 bits per heavy atom. The number of ether oxygens (including phenoxy) is 4. The van der Waals surface area contributed by atoms with Crippen molar-refractivity contribution in [1.82, 2.24) is 0 Å². The molecule has 0 spiro atoms. The summed E-state index contributed by atoms with van der Waals surface area (Å²) in [4.78, 5) is 0. The molecule has 0 aromatic heterocycles. The second-order valence-corrected chi connectivity index (χ2v) is 6.50. The average Bonchev–Trinajstić information content (AvgIpc) is 3.36. The van der Waals surface area contributed by atoms with Crippen molar-refractivity contribution in [2.24, 2.45) is 5.92 Å². The van der Waals surface area contributed by atoms with Crippen molar-refractivity contribution in [3.63, 3.8) is 0 Å². The van der Waals surface area contributed by atoms with Crippen LogP contribution in [0.25, 0.3) is 0 Å². The molecule has 4 heteroatoms. The zero-order valence-corrected chi connectivity index (χ0v) is 15.1. The summed E-state index contributed by atoms with van der Waals surface area (Å²) < 4.78 is 22.1. The molecule has 1 fully saturated rings. The van der Waals surface area contributed by atoms with E-state index in [9.17, 15) is 0 Å². The highest BCUT2D eigenvalue weighted by Crippen LogP contribution is 2.30. The Balaban J connectivity index is 2.26. The van der Waals surface area contributed by atoms with Crippen LogP contribution in [0.4, 0.5) is 0 Å². The van der Waals surface area contributed by atoms with Crippen LogP contribution in [0.15, 0.2) is 0 Å². The first-order chi connectivity index (χ1) is 10.7. The Bertz CT molecular complexity index is 262. The molecule has 0 aromatic carbocycles. The predicted octanol–water partition coefficient (Wildman–Crippen LogP) is 4.17. The Labute approximate surface area is 136 Å². The van der Waals surface area contributed by atoms with Gasteiger partial charge in [0.25, 0.3) is 0 Å². The highest BCUT2D eigenvalue weighted by molar-refractivity contribution is 4.75. The van der Waals surface area contributed by atoms with Crippen LogP contribution in [0.1, 0.15) is 65.2 Å². The van der Waals surface area contributed by atoms with Gasteiger partial charge < -0.3 is 18.9 Å². The molecule has 0 bridgehead atoms. The summed E-state index contributed by atoms with van der Waals surface area (Å²) in [7, 11) is 3.47. The van der Waals surface area contributed by atoms with Crippen LogP contribution in [0.2, 0.25) is 0 Å². The molecule has 132 valence electrons. The number of rotatable bonds is 15. The third kappa shape index (κ3) is 7.91. The average molecular weight is 316 g/mol. The Hall–Kier alpha value is -0.160. The molecular formula is C18H36O4. The van der Waals surface area contributed by atoms with Gasteiger partial charge in [-0.25, -0.2) is 0 Å². The fraction of sp³-hybridized carbons (Fsp3) is 1.00. The summed E-state index contributed by atoms with van der Waals surface area (Å²) in [6.45, 7) is 6.63. The van der Waals surface area contributed by atoms with Gasteiger partial charge in [-0.2, -0.15) is 0 Å². The molecule has 1 heterocycles. The third-order valence-electron chi connectivity index (χ3n) is 4.78. The minimum atomic E-state index is -0.511. The topological polar surface area (TPSA) is 40.2 Å². The van der Waals surface area contributed by atoms with E-state index in [1.54, 1.807) is 14.2 Å². The van der Waals surface area contributed by atoms with Crippen molar-refractivity contribution in [3.05, 3.63) is 0 Å². The predicted molar refractivity (Wildman–Crippen MR) is 89.1 cm³/mol. The fourth-order valence-corrected chi connectivity index (χ4v) is 2.86. The lowest BCUT2D eigenvalue weighted by Crippen LogP contribution is -2.39. The summed E-state index contributed by atoms with van der Waals surface area (Å²) in [6.07, 6.45) is 10.3. The van der Waals surface area contributed by atoms with Gasteiger partial charge in [0.15, 0.2) is 5.79 Å². The molecule has 1 aliphatic rings.